The minimum Gasteiger partial charge on any atom is -0.292 e. The highest BCUT2D eigenvalue weighted by molar-refractivity contribution is 6.04. The van der Waals surface area contributed by atoms with Crippen LogP contribution in [0, 0.1) is 0 Å². The lowest BCUT2D eigenvalue weighted by atomic mass is 10.1. The molecule has 0 radical (unpaired) electrons. The predicted octanol–water partition coefficient (Wildman–Crippen LogP) is 3.61. The van der Waals surface area contributed by atoms with Crippen molar-refractivity contribution < 1.29 is 18.0 Å². The van der Waals surface area contributed by atoms with Crippen molar-refractivity contribution in [1.82, 2.24) is 9.38 Å². The second-order valence-electron chi connectivity index (χ2n) is 4.57. The van der Waals surface area contributed by atoms with Crippen molar-refractivity contribution in [2.24, 2.45) is 0 Å². The maximum absolute atomic E-state index is 12.9. The first-order chi connectivity index (χ1) is 10.5. The standard InChI is InChI=1S/C15H10F3N3O/c16-15(17,18)12-7-2-1-6-11(12)13(22)20-14-19-9-10-5-3-4-8-21(10)14/h1-9H,(H,19,20,22). The number of alkyl halides is 3. The number of benzene rings is 1. The highest BCUT2D eigenvalue weighted by Crippen LogP contribution is 2.32. The molecule has 3 rings (SSSR count). The molecule has 2 heterocycles. The third-order valence-electron chi connectivity index (χ3n) is 3.14. The van der Waals surface area contributed by atoms with Gasteiger partial charge in [-0.1, -0.05) is 18.2 Å². The summed E-state index contributed by atoms with van der Waals surface area (Å²) in [5.41, 5.74) is -0.696. The molecular formula is C15H10F3N3O. The average Bonchev–Trinajstić information content (AvgIpc) is 2.90. The molecule has 0 bridgehead atoms. The maximum atomic E-state index is 12.9. The summed E-state index contributed by atoms with van der Waals surface area (Å²) in [7, 11) is 0. The predicted molar refractivity (Wildman–Crippen MR) is 74.6 cm³/mol. The SMILES string of the molecule is O=C(Nc1ncc2ccccn12)c1ccccc1C(F)(F)F. The lowest BCUT2D eigenvalue weighted by Gasteiger charge is -2.12. The maximum Gasteiger partial charge on any atom is 0.417 e. The van der Waals surface area contributed by atoms with Gasteiger partial charge in [0.1, 0.15) is 0 Å². The number of hydrogen-bond donors (Lipinski definition) is 1. The number of fused-ring (bicyclic) bond motifs is 1. The van der Waals surface area contributed by atoms with Crippen molar-refractivity contribution in [1.29, 1.82) is 0 Å². The Morgan fingerprint density at radius 3 is 2.59 bits per heavy atom. The number of imidazole rings is 1. The monoisotopic (exact) mass is 305 g/mol. The van der Waals surface area contributed by atoms with E-state index >= 15 is 0 Å². The number of nitrogens with zero attached hydrogens (tertiary/aromatic N) is 2. The first-order valence-electron chi connectivity index (χ1n) is 6.36. The molecule has 0 unspecified atom stereocenters. The molecule has 2 aromatic heterocycles. The van der Waals surface area contributed by atoms with E-state index in [-0.39, 0.29) is 5.95 Å². The normalized spacial score (nSPS) is 11.6. The van der Waals surface area contributed by atoms with Gasteiger partial charge < -0.3 is 0 Å². The Morgan fingerprint density at radius 2 is 1.82 bits per heavy atom. The summed E-state index contributed by atoms with van der Waals surface area (Å²) in [6.07, 6.45) is -1.42. The summed E-state index contributed by atoms with van der Waals surface area (Å²) in [5, 5.41) is 2.41. The fourth-order valence-corrected chi connectivity index (χ4v) is 2.13. The number of halogens is 3. The number of anilines is 1. The van der Waals surface area contributed by atoms with Gasteiger partial charge >= 0.3 is 6.18 Å². The summed E-state index contributed by atoms with van der Waals surface area (Å²) in [4.78, 5) is 16.2. The number of hydrogen-bond acceptors (Lipinski definition) is 2. The van der Waals surface area contributed by atoms with E-state index in [9.17, 15) is 18.0 Å². The molecule has 4 nitrogen and oxygen atoms in total. The van der Waals surface area contributed by atoms with Crippen LogP contribution in [0.2, 0.25) is 0 Å². The smallest absolute Gasteiger partial charge is 0.292 e. The summed E-state index contributed by atoms with van der Waals surface area (Å²) in [5.74, 6) is -0.693. The second kappa shape index (κ2) is 5.18. The van der Waals surface area contributed by atoms with E-state index < -0.39 is 23.2 Å². The molecule has 112 valence electrons. The highest BCUT2D eigenvalue weighted by Gasteiger charge is 2.35. The van der Waals surface area contributed by atoms with Crippen molar-refractivity contribution in [3.8, 4) is 0 Å². The van der Waals surface area contributed by atoms with Crippen LogP contribution in [0.15, 0.2) is 54.9 Å². The molecule has 0 aliphatic heterocycles. The van der Waals surface area contributed by atoms with Crippen molar-refractivity contribution in [3.63, 3.8) is 0 Å². The Morgan fingerprint density at radius 1 is 1.09 bits per heavy atom. The van der Waals surface area contributed by atoms with Gasteiger partial charge in [0.05, 0.1) is 22.8 Å². The van der Waals surface area contributed by atoms with E-state index in [1.54, 1.807) is 28.8 Å². The molecule has 1 aromatic carbocycles. The Labute approximate surface area is 123 Å². The van der Waals surface area contributed by atoms with Crippen LogP contribution >= 0.6 is 0 Å². The van der Waals surface area contributed by atoms with Crippen LogP contribution in [-0.4, -0.2) is 15.3 Å². The third-order valence-corrected chi connectivity index (χ3v) is 3.14. The van der Waals surface area contributed by atoms with Gasteiger partial charge in [0, 0.05) is 6.20 Å². The zero-order chi connectivity index (χ0) is 15.7. The first-order valence-corrected chi connectivity index (χ1v) is 6.36. The van der Waals surface area contributed by atoms with Gasteiger partial charge in [0.15, 0.2) is 0 Å². The van der Waals surface area contributed by atoms with Crippen LogP contribution in [0.25, 0.3) is 5.52 Å². The van der Waals surface area contributed by atoms with E-state index in [1.165, 1.54) is 18.3 Å². The van der Waals surface area contributed by atoms with Gasteiger partial charge in [0.25, 0.3) is 5.91 Å². The number of pyridine rings is 1. The number of amides is 1. The molecule has 22 heavy (non-hydrogen) atoms. The molecular weight excluding hydrogens is 295 g/mol. The van der Waals surface area contributed by atoms with Crippen molar-refractivity contribution in [2.75, 3.05) is 5.32 Å². The molecule has 0 aliphatic rings. The molecule has 0 saturated heterocycles. The number of carbonyl (C=O) groups excluding carboxylic acids is 1. The van der Waals surface area contributed by atoms with Crippen LogP contribution < -0.4 is 5.32 Å². The van der Waals surface area contributed by atoms with Gasteiger partial charge in [-0.2, -0.15) is 13.2 Å². The molecule has 0 spiro atoms. The molecule has 0 saturated carbocycles. The molecule has 0 aliphatic carbocycles. The Balaban J connectivity index is 1.96. The fraction of sp³-hybridized carbons (Fsp3) is 0.0667. The third kappa shape index (κ3) is 2.52. The van der Waals surface area contributed by atoms with Crippen molar-refractivity contribution in [2.45, 2.75) is 6.18 Å². The van der Waals surface area contributed by atoms with Crippen LogP contribution in [0.3, 0.4) is 0 Å². The molecule has 7 heteroatoms. The number of nitrogens with one attached hydrogen (secondary N) is 1. The zero-order valence-corrected chi connectivity index (χ0v) is 11.1. The molecule has 0 atom stereocenters. The topological polar surface area (TPSA) is 46.4 Å². The summed E-state index contributed by atoms with van der Waals surface area (Å²) >= 11 is 0. The zero-order valence-electron chi connectivity index (χ0n) is 11.1. The summed E-state index contributed by atoms with van der Waals surface area (Å²) in [6, 6.07) is 9.92. The molecule has 1 amide bonds. The van der Waals surface area contributed by atoms with Crippen molar-refractivity contribution in [3.05, 3.63) is 66.0 Å². The largest absolute Gasteiger partial charge is 0.417 e. The quantitative estimate of drug-likeness (QED) is 0.786. The Hall–Kier alpha value is -2.83. The number of carbonyl (C=O) groups is 1. The van der Waals surface area contributed by atoms with Crippen LogP contribution in [0.5, 0.6) is 0 Å². The summed E-state index contributed by atoms with van der Waals surface area (Å²) in [6.45, 7) is 0. The summed E-state index contributed by atoms with van der Waals surface area (Å²) < 4.78 is 40.4. The Kier molecular flexibility index (Phi) is 3.32. The van der Waals surface area contributed by atoms with Gasteiger partial charge in [-0.25, -0.2) is 4.98 Å². The highest BCUT2D eigenvalue weighted by atomic mass is 19.4. The van der Waals surface area contributed by atoms with Crippen LogP contribution in [0.4, 0.5) is 19.1 Å². The molecule has 3 aromatic rings. The average molecular weight is 305 g/mol. The fourth-order valence-electron chi connectivity index (χ4n) is 2.13. The van der Waals surface area contributed by atoms with Gasteiger partial charge in [0.2, 0.25) is 5.95 Å². The molecule has 0 fully saturated rings. The van der Waals surface area contributed by atoms with E-state index in [1.807, 2.05) is 0 Å². The minimum atomic E-state index is -4.59. The van der Waals surface area contributed by atoms with Gasteiger partial charge in [-0.3, -0.25) is 14.5 Å². The number of rotatable bonds is 2. The minimum absolute atomic E-state index is 0.164. The Bertz CT molecular complexity index is 839. The number of aromatic nitrogens is 2. The van der Waals surface area contributed by atoms with Gasteiger partial charge in [-0.15, -0.1) is 0 Å². The first kappa shape index (κ1) is 14.1. The van der Waals surface area contributed by atoms with Gasteiger partial charge in [-0.05, 0) is 24.3 Å². The van der Waals surface area contributed by atoms with E-state index in [2.05, 4.69) is 10.3 Å². The van der Waals surface area contributed by atoms with E-state index in [4.69, 9.17) is 0 Å². The molecule has 1 N–H and O–H groups in total. The van der Waals surface area contributed by atoms with Crippen LogP contribution in [0.1, 0.15) is 15.9 Å². The van der Waals surface area contributed by atoms with E-state index in [0.29, 0.717) is 0 Å². The lowest BCUT2D eigenvalue weighted by Crippen LogP contribution is -2.19. The second-order valence-corrected chi connectivity index (χ2v) is 4.57. The van der Waals surface area contributed by atoms with Crippen LogP contribution in [-0.2, 0) is 6.18 Å². The van der Waals surface area contributed by atoms with E-state index in [0.717, 1.165) is 17.6 Å². The van der Waals surface area contributed by atoms with Crippen molar-refractivity contribution >= 4 is 17.4 Å². The lowest BCUT2D eigenvalue weighted by molar-refractivity contribution is -0.137.